The number of hydrogen-bond acceptors (Lipinski definition) is 4. The first-order valence-corrected chi connectivity index (χ1v) is 6.52. The average Bonchev–Trinajstić information content (AvgIpc) is 2.47. The van der Waals surface area contributed by atoms with Crippen molar-refractivity contribution < 1.29 is 4.79 Å². The van der Waals surface area contributed by atoms with Gasteiger partial charge in [0.1, 0.15) is 11.5 Å². The van der Waals surface area contributed by atoms with Gasteiger partial charge in [0, 0.05) is 13.6 Å². The summed E-state index contributed by atoms with van der Waals surface area (Å²) in [5.41, 5.74) is 2.76. The van der Waals surface area contributed by atoms with Crippen molar-refractivity contribution in [2.45, 2.75) is 13.3 Å². The standard InChI is InChI=1S/C15H18N4O/c1-11-4-3-5-12(8-11)6-7-17-15(20)13-9-19-14(16-2)10-18-13/h3-5,8-10H,6-7H2,1-2H3,(H,16,19)(H,17,20). The zero-order valence-corrected chi connectivity index (χ0v) is 11.7. The van der Waals surface area contributed by atoms with Crippen molar-refractivity contribution in [2.75, 3.05) is 18.9 Å². The molecule has 2 aromatic rings. The Morgan fingerprint density at radius 2 is 2.10 bits per heavy atom. The molecule has 0 atom stereocenters. The van der Waals surface area contributed by atoms with Crippen LogP contribution in [-0.4, -0.2) is 29.5 Å². The topological polar surface area (TPSA) is 66.9 Å². The molecule has 5 nitrogen and oxygen atoms in total. The van der Waals surface area contributed by atoms with E-state index < -0.39 is 0 Å². The number of hydrogen-bond donors (Lipinski definition) is 2. The van der Waals surface area contributed by atoms with Gasteiger partial charge in [-0.3, -0.25) is 4.79 Å². The highest BCUT2D eigenvalue weighted by Gasteiger charge is 2.07. The maximum absolute atomic E-state index is 11.9. The molecule has 0 unspecified atom stereocenters. The number of carbonyl (C=O) groups excluding carboxylic acids is 1. The van der Waals surface area contributed by atoms with Crippen LogP contribution < -0.4 is 10.6 Å². The highest BCUT2D eigenvalue weighted by Crippen LogP contribution is 2.04. The number of aromatic nitrogens is 2. The van der Waals surface area contributed by atoms with Gasteiger partial charge in [-0.2, -0.15) is 0 Å². The average molecular weight is 270 g/mol. The lowest BCUT2D eigenvalue weighted by molar-refractivity contribution is 0.0949. The molecule has 1 heterocycles. The maximum atomic E-state index is 11.9. The largest absolute Gasteiger partial charge is 0.372 e. The van der Waals surface area contributed by atoms with Gasteiger partial charge >= 0.3 is 0 Å². The Labute approximate surface area is 118 Å². The van der Waals surface area contributed by atoms with Crippen molar-refractivity contribution >= 4 is 11.7 Å². The summed E-state index contributed by atoms with van der Waals surface area (Å²) in [5, 5.41) is 5.70. The van der Waals surface area contributed by atoms with Gasteiger partial charge in [-0.15, -0.1) is 0 Å². The van der Waals surface area contributed by atoms with E-state index in [-0.39, 0.29) is 5.91 Å². The third-order valence-corrected chi connectivity index (χ3v) is 2.92. The molecule has 0 fully saturated rings. The van der Waals surface area contributed by atoms with Crippen molar-refractivity contribution in [2.24, 2.45) is 0 Å². The molecule has 0 saturated carbocycles. The Balaban J connectivity index is 1.85. The molecule has 0 aliphatic heterocycles. The Hall–Kier alpha value is -2.43. The van der Waals surface area contributed by atoms with Crippen LogP contribution in [-0.2, 0) is 6.42 Å². The van der Waals surface area contributed by atoms with Gasteiger partial charge in [-0.05, 0) is 18.9 Å². The second kappa shape index (κ2) is 6.65. The lowest BCUT2D eigenvalue weighted by atomic mass is 10.1. The van der Waals surface area contributed by atoms with Crippen LogP contribution in [0.2, 0.25) is 0 Å². The fraction of sp³-hybridized carbons (Fsp3) is 0.267. The molecule has 2 N–H and O–H groups in total. The van der Waals surface area contributed by atoms with Crippen LogP contribution in [0.5, 0.6) is 0 Å². The zero-order valence-electron chi connectivity index (χ0n) is 11.7. The summed E-state index contributed by atoms with van der Waals surface area (Å²) in [6.45, 7) is 2.64. The first kappa shape index (κ1) is 14.0. The number of nitrogens with one attached hydrogen (secondary N) is 2. The van der Waals surface area contributed by atoms with Gasteiger partial charge in [0.25, 0.3) is 5.91 Å². The molecule has 0 saturated heterocycles. The summed E-state index contributed by atoms with van der Waals surface area (Å²) < 4.78 is 0. The van der Waals surface area contributed by atoms with Crippen LogP contribution >= 0.6 is 0 Å². The van der Waals surface area contributed by atoms with E-state index in [9.17, 15) is 4.79 Å². The van der Waals surface area contributed by atoms with Gasteiger partial charge in [-0.1, -0.05) is 29.8 Å². The minimum atomic E-state index is -0.201. The molecule has 1 amide bonds. The number of benzene rings is 1. The second-order valence-corrected chi connectivity index (χ2v) is 4.53. The number of amides is 1. The van der Waals surface area contributed by atoms with E-state index in [0.717, 1.165) is 6.42 Å². The zero-order chi connectivity index (χ0) is 14.4. The summed E-state index contributed by atoms with van der Waals surface area (Å²) in [4.78, 5) is 20.0. The van der Waals surface area contributed by atoms with Crippen LogP contribution in [0.3, 0.4) is 0 Å². The fourth-order valence-corrected chi connectivity index (χ4v) is 1.85. The summed E-state index contributed by atoms with van der Waals surface area (Å²) in [6.07, 6.45) is 3.80. The van der Waals surface area contributed by atoms with Crippen LogP contribution in [0.4, 0.5) is 5.82 Å². The summed E-state index contributed by atoms with van der Waals surface area (Å²) in [7, 11) is 1.76. The Morgan fingerprint density at radius 3 is 2.75 bits per heavy atom. The van der Waals surface area contributed by atoms with Crippen LogP contribution in [0.1, 0.15) is 21.6 Å². The molecule has 2 rings (SSSR count). The molecular weight excluding hydrogens is 252 g/mol. The second-order valence-electron chi connectivity index (χ2n) is 4.53. The Kier molecular flexibility index (Phi) is 4.65. The predicted octanol–water partition coefficient (Wildman–Crippen LogP) is 1.80. The van der Waals surface area contributed by atoms with Gasteiger partial charge in [0.2, 0.25) is 0 Å². The van der Waals surface area contributed by atoms with Crippen molar-refractivity contribution in [3.63, 3.8) is 0 Å². The molecule has 0 radical (unpaired) electrons. The normalized spacial score (nSPS) is 10.1. The number of carbonyl (C=O) groups is 1. The fourth-order valence-electron chi connectivity index (χ4n) is 1.85. The van der Waals surface area contributed by atoms with E-state index in [1.807, 2.05) is 6.07 Å². The first-order chi connectivity index (χ1) is 9.69. The SMILES string of the molecule is CNc1cnc(C(=O)NCCc2cccc(C)c2)cn1. The van der Waals surface area contributed by atoms with E-state index in [1.165, 1.54) is 23.5 Å². The number of anilines is 1. The Morgan fingerprint density at radius 1 is 1.25 bits per heavy atom. The van der Waals surface area contributed by atoms with Gasteiger partial charge < -0.3 is 10.6 Å². The first-order valence-electron chi connectivity index (χ1n) is 6.52. The highest BCUT2D eigenvalue weighted by molar-refractivity contribution is 5.91. The lowest BCUT2D eigenvalue weighted by Crippen LogP contribution is -2.26. The third kappa shape index (κ3) is 3.78. The van der Waals surface area contributed by atoms with Crippen LogP contribution in [0.15, 0.2) is 36.7 Å². The van der Waals surface area contributed by atoms with Crippen molar-refractivity contribution in [3.05, 3.63) is 53.5 Å². The number of aryl methyl sites for hydroxylation is 1. The Bertz CT molecular complexity index is 581. The molecule has 0 spiro atoms. The summed E-state index contributed by atoms with van der Waals surface area (Å²) in [5.74, 6) is 0.439. The van der Waals surface area contributed by atoms with E-state index >= 15 is 0 Å². The van der Waals surface area contributed by atoms with Crippen molar-refractivity contribution in [1.82, 2.24) is 15.3 Å². The smallest absolute Gasteiger partial charge is 0.271 e. The minimum absolute atomic E-state index is 0.201. The minimum Gasteiger partial charge on any atom is -0.372 e. The van der Waals surface area contributed by atoms with Gasteiger partial charge in [0.05, 0.1) is 12.4 Å². The third-order valence-electron chi connectivity index (χ3n) is 2.92. The number of nitrogens with zero attached hydrogens (tertiary/aromatic N) is 2. The number of rotatable bonds is 5. The molecule has 5 heteroatoms. The highest BCUT2D eigenvalue weighted by atomic mass is 16.1. The van der Waals surface area contributed by atoms with E-state index in [2.05, 4.69) is 45.7 Å². The van der Waals surface area contributed by atoms with Crippen molar-refractivity contribution in [1.29, 1.82) is 0 Å². The van der Waals surface area contributed by atoms with Crippen LogP contribution in [0, 0.1) is 6.92 Å². The molecule has 0 bridgehead atoms. The van der Waals surface area contributed by atoms with Crippen molar-refractivity contribution in [3.8, 4) is 0 Å². The molecule has 1 aromatic carbocycles. The molecule has 20 heavy (non-hydrogen) atoms. The predicted molar refractivity (Wildman–Crippen MR) is 78.8 cm³/mol. The molecule has 0 aliphatic rings. The maximum Gasteiger partial charge on any atom is 0.271 e. The monoisotopic (exact) mass is 270 g/mol. The van der Waals surface area contributed by atoms with E-state index in [1.54, 1.807) is 7.05 Å². The van der Waals surface area contributed by atoms with Crippen LogP contribution in [0.25, 0.3) is 0 Å². The van der Waals surface area contributed by atoms with Gasteiger partial charge in [-0.25, -0.2) is 9.97 Å². The molecule has 1 aromatic heterocycles. The van der Waals surface area contributed by atoms with Gasteiger partial charge in [0.15, 0.2) is 0 Å². The molecular formula is C15H18N4O. The summed E-state index contributed by atoms with van der Waals surface area (Å²) >= 11 is 0. The lowest BCUT2D eigenvalue weighted by Gasteiger charge is -2.06. The molecule has 104 valence electrons. The molecule has 0 aliphatic carbocycles. The van der Waals surface area contributed by atoms with E-state index in [0.29, 0.717) is 18.1 Å². The van der Waals surface area contributed by atoms with E-state index in [4.69, 9.17) is 0 Å². The summed E-state index contributed by atoms with van der Waals surface area (Å²) in [6, 6.07) is 8.25. The quantitative estimate of drug-likeness (QED) is 0.869.